The average molecular weight is 356 g/mol. The summed E-state index contributed by atoms with van der Waals surface area (Å²) in [5, 5.41) is 9.74. The first kappa shape index (κ1) is 16.6. The number of carbonyl (C=O) groups excluding carboxylic acids is 2. The van der Waals surface area contributed by atoms with Crippen molar-refractivity contribution >= 4 is 40.7 Å². The molecule has 0 unspecified atom stereocenters. The van der Waals surface area contributed by atoms with Crippen molar-refractivity contribution in [2.75, 3.05) is 5.32 Å². The number of fused-ring (bicyclic) bond motifs is 1. The molecule has 0 spiro atoms. The Morgan fingerprint density at radius 1 is 1.22 bits per heavy atom. The van der Waals surface area contributed by atoms with Gasteiger partial charge in [-0.3, -0.25) is 9.59 Å². The summed E-state index contributed by atoms with van der Waals surface area (Å²) in [5.74, 6) is -0.378. The van der Waals surface area contributed by atoms with Crippen molar-refractivity contribution in [2.24, 2.45) is 0 Å². The number of anilines is 1. The van der Waals surface area contributed by atoms with Gasteiger partial charge in [0.2, 0.25) is 11.8 Å². The number of piperazine rings is 1. The van der Waals surface area contributed by atoms with Gasteiger partial charge >= 0.3 is 0 Å². The fourth-order valence-corrected chi connectivity index (χ4v) is 3.61. The molecule has 3 N–H and O–H groups in total. The standard InChI is InChI=1S/C16H19Cl2N3O2/c17-9-4-3-7-12(15(9)18)20-14(22)8-13-16(23)21-11-6-2-1-5-10(11)19-13/h3-4,7,10-11,13,19H,1-2,5-6,8H2,(H,20,22)(H,21,23)/t10-,11+,13+/m1/s1. The number of hydrogen-bond donors (Lipinski definition) is 3. The lowest BCUT2D eigenvalue weighted by atomic mass is 9.87. The molecule has 1 aromatic rings. The van der Waals surface area contributed by atoms with E-state index in [4.69, 9.17) is 23.2 Å². The van der Waals surface area contributed by atoms with Crippen LogP contribution in [0.2, 0.25) is 10.0 Å². The average Bonchev–Trinajstić information content (AvgIpc) is 2.52. The molecule has 0 bridgehead atoms. The maximum absolute atomic E-state index is 12.2. The van der Waals surface area contributed by atoms with E-state index in [-0.39, 0.29) is 30.3 Å². The van der Waals surface area contributed by atoms with E-state index >= 15 is 0 Å². The van der Waals surface area contributed by atoms with Gasteiger partial charge in [-0.05, 0) is 25.0 Å². The second kappa shape index (κ2) is 7.07. The molecule has 5 nitrogen and oxygen atoms in total. The SMILES string of the molecule is O=C(C[C@@H]1N[C@@H]2CCCC[C@@H]2NC1=O)Nc1cccc(Cl)c1Cl. The second-order valence-corrected chi connectivity index (χ2v) is 6.86. The first-order valence-corrected chi connectivity index (χ1v) is 8.60. The highest BCUT2D eigenvalue weighted by atomic mass is 35.5. The molecule has 3 atom stereocenters. The summed E-state index contributed by atoms with van der Waals surface area (Å²) < 4.78 is 0. The van der Waals surface area contributed by atoms with Crippen LogP contribution >= 0.6 is 23.2 Å². The minimum atomic E-state index is -0.507. The van der Waals surface area contributed by atoms with Gasteiger partial charge in [0.15, 0.2) is 0 Å². The Hall–Kier alpha value is -1.30. The van der Waals surface area contributed by atoms with E-state index in [0.29, 0.717) is 15.7 Å². The minimum absolute atomic E-state index is 0.0674. The Morgan fingerprint density at radius 3 is 2.74 bits per heavy atom. The van der Waals surface area contributed by atoms with Gasteiger partial charge < -0.3 is 16.0 Å². The zero-order chi connectivity index (χ0) is 16.4. The van der Waals surface area contributed by atoms with Crippen molar-refractivity contribution < 1.29 is 9.59 Å². The molecule has 1 saturated heterocycles. The van der Waals surface area contributed by atoms with E-state index in [9.17, 15) is 9.59 Å². The van der Waals surface area contributed by atoms with Crippen LogP contribution in [0.25, 0.3) is 0 Å². The summed E-state index contributed by atoms with van der Waals surface area (Å²) in [6.45, 7) is 0. The molecule has 1 saturated carbocycles. The van der Waals surface area contributed by atoms with Crippen molar-refractivity contribution in [3.8, 4) is 0 Å². The Kier molecular flexibility index (Phi) is 5.09. The quantitative estimate of drug-likeness (QED) is 0.780. The fourth-order valence-electron chi connectivity index (χ4n) is 3.26. The lowest BCUT2D eigenvalue weighted by molar-refractivity contribution is -0.129. The summed E-state index contributed by atoms with van der Waals surface area (Å²) in [4.78, 5) is 24.4. The maximum Gasteiger partial charge on any atom is 0.237 e. The van der Waals surface area contributed by atoms with Crippen LogP contribution in [0.5, 0.6) is 0 Å². The minimum Gasteiger partial charge on any atom is -0.350 e. The third kappa shape index (κ3) is 3.79. The molecule has 1 aliphatic carbocycles. The fraction of sp³-hybridized carbons (Fsp3) is 0.500. The van der Waals surface area contributed by atoms with E-state index in [2.05, 4.69) is 16.0 Å². The van der Waals surface area contributed by atoms with E-state index < -0.39 is 6.04 Å². The Balaban J connectivity index is 1.61. The molecule has 0 aromatic heterocycles. The summed E-state index contributed by atoms with van der Waals surface area (Å²) in [7, 11) is 0. The Morgan fingerprint density at radius 2 is 1.96 bits per heavy atom. The van der Waals surface area contributed by atoms with Gasteiger partial charge in [0.1, 0.15) is 0 Å². The first-order valence-electron chi connectivity index (χ1n) is 7.85. The van der Waals surface area contributed by atoms with E-state index in [1.807, 2.05) is 0 Å². The van der Waals surface area contributed by atoms with Crippen molar-refractivity contribution in [3.05, 3.63) is 28.2 Å². The van der Waals surface area contributed by atoms with Gasteiger partial charge in [0, 0.05) is 12.1 Å². The van der Waals surface area contributed by atoms with E-state index in [0.717, 1.165) is 25.7 Å². The second-order valence-electron chi connectivity index (χ2n) is 6.08. The third-order valence-corrected chi connectivity index (χ3v) is 5.26. The van der Waals surface area contributed by atoms with Crippen molar-refractivity contribution in [2.45, 2.75) is 50.2 Å². The topological polar surface area (TPSA) is 70.2 Å². The van der Waals surface area contributed by atoms with Crippen LogP contribution < -0.4 is 16.0 Å². The largest absolute Gasteiger partial charge is 0.350 e. The van der Waals surface area contributed by atoms with Gasteiger partial charge in [0.05, 0.1) is 28.2 Å². The molecule has 23 heavy (non-hydrogen) atoms. The first-order chi connectivity index (χ1) is 11.0. The van der Waals surface area contributed by atoms with Crippen LogP contribution in [-0.4, -0.2) is 29.9 Å². The highest BCUT2D eigenvalue weighted by Crippen LogP contribution is 2.29. The van der Waals surface area contributed by atoms with Crippen molar-refractivity contribution in [1.82, 2.24) is 10.6 Å². The van der Waals surface area contributed by atoms with Gasteiger partial charge in [-0.1, -0.05) is 42.1 Å². The zero-order valence-corrected chi connectivity index (χ0v) is 14.1. The van der Waals surface area contributed by atoms with Gasteiger partial charge in [-0.25, -0.2) is 0 Å². The monoisotopic (exact) mass is 355 g/mol. The van der Waals surface area contributed by atoms with Crippen molar-refractivity contribution in [1.29, 1.82) is 0 Å². The molecule has 1 aliphatic heterocycles. The molecule has 2 amide bonds. The Bertz CT molecular complexity index is 623. The molecule has 2 fully saturated rings. The predicted molar refractivity (Wildman–Crippen MR) is 90.8 cm³/mol. The predicted octanol–water partition coefficient (Wildman–Crippen LogP) is 2.72. The number of nitrogens with one attached hydrogen (secondary N) is 3. The maximum atomic E-state index is 12.2. The van der Waals surface area contributed by atoms with E-state index in [1.165, 1.54) is 0 Å². The molecule has 124 valence electrons. The molecule has 1 aromatic carbocycles. The molecule has 3 rings (SSSR count). The van der Waals surface area contributed by atoms with Crippen LogP contribution in [0.3, 0.4) is 0 Å². The molecule has 7 heteroatoms. The molecular formula is C16H19Cl2N3O2. The van der Waals surface area contributed by atoms with Crippen LogP contribution in [-0.2, 0) is 9.59 Å². The third-order valence-electron chi connectivity index (χ3n) is 4.44. The summed E-state index contributed by atoms with van der Waals surface area (Å²) >= 11 is 12.0. The molecule has 1 heterocycles. The number of benzene rings is 1. The smallest absolute Gasteiger partial charge is 0.237 e. The number of rotatable bonds is 3. The molecule has 2 aliphatic rings. The van der Waals surface area contributed by atoms with Gasteiger partial charge in [0.25, 0.3) is 0 Å². The highest BCUT2D eigenvalue weighted by molar-refractivity contribution is 6.44. The van der Waals surface area contributed by atoms with Crippen molar-refractivity contribution in [3.63, 3.8) is 0 Å². The van der Waals surface area contributed by atoms with Crippen LogP contribution in [0.4, 0.5) is 5.69 Å². The lowest BCUT2D eigenvalue weighted by Crippen LogP contribution is -2.65. The lowest BCUT2D eigenvalue weighted by Gasteiger charge is -2.40. The van der Waals surface area contributed by atoms with Gasteiger partial charge in [-0.2, -0.15) is 0 Å². The van der Waals surface area contributed by atoms with Crippen LogP contribution in [0, 0.1) is 0 Å². The van der Waals surface area contributed by atoms with E-state index in [1.54, 1.807) is 18.2 Å². The normalized spacial score (nSPS) is 27.0. The Labute approximate surface area is 145 Å². The van der Waals surface area contributed by atoms with Crippen LogP contribution in [0.1, 0.15) is 32.1 Å². The molecule has 0 radical (unpaired) electrons. The summed E-state index contributed by atoms with van der Waals surface area (Å²) in [6.07, 6.45) is 4.39. The zero-order valence-electron chi connectivity index (χ0n) is 12.6. The number of halogens is 2. The number of hydrogen-bond acceptors (Lipinski definition) is 3. The summed E-state index contributed by atoms with van der Waals surface area (Å²) in [6, 6.07) is 4.98. The molecular weight excluding hydrogens is 337 g/mol. The number of amides is 2. The van der Waals surface area contributed by atoms with Crippen LogP contribution in [0.15, 0.2) is 18.2 Å². The summed E-state index contributed by atoms with van der Waals surface area (Å²) in [5.41, 5.74) is 0.455. The number of carbonyl (C=O) groups is 2. The van der Waals surface area contributed by atoms with Gasteiger partial charge in [-0.15, -0.1) is 0 Å². The highest BCUT2D eigenvalue weighted by Gasteiger charge is 2.36.